The lowest BCUT2D eigenvalue weighted by Gasteiger charge is -2.17. The smallest absolute Gasteiger partial charge is 0.419 e. The average molecular weight is 382 g/mol. The molecule has 2 aromatic carbocycles. The van der Waals surface area contributed by atoms with Gasteiger partial charge >= 0.3 is 6.09 Å². The van der Waals surface area contributed by atoms with Gasteiger partial charge in [-0.05, 0) is 42.7 Å². The first-order valence-corrected chi connectivity index (χ1v) is 9.01. The topological polar surface area (TPSA) is 53.4 Å². The van der Waals surface area contributed by atoms with Gasteiger partial charge in [0.05, 0.1) is 7.11 Å². The summed E-state index contributed by atoms with van der Waals surface area (Å²) in [5.41, 5.74) is 4.06. The Morgan fingerprint density at radius 1 is 1.25 bits per heavy atom. The van der Waals surface area contributed by atoms with Crippen molar-refractivity contribution in [3.8, 4) is 5.75 Å². The van der Waals surface area contributed by atoms with Crippen LogP contribution < -0.4 is 4.74 Å². The number of halogens is 1. The minimum Gasteiger partial charge on any atom is -0.496 e. The highest BCUT2D eigenvalue weighted by Crippen LogP contribution is 2.27. The first-order valence-electron chi connectivity index (χ1n) is 9.01. The van der Waals surface area contributed by atoms with Crippen LogP contribution in [0.15, 0.2) is 48.8 Å². The van der Waals surface area contributed by atoms with Crippen LogP contribution in [0.5, 0.6) is 5.75 Å². The maximum absolute atomic E-state index is 13.3. The summed E-state index contributed by atoms with van der Waals surface area (Å²) in [5.74, 6) is 0.446. The maximum Gasteiger partial charge on any atom is 0.419 e. The third-order valence-electron chi connectivity index (χ3n) is 4.97. The molecule has 3 rings (SSSR count). The number of benzene rings is 2. The zero-order valence-corrected chi connectivity index (χ0v) is 16.4. The minimum atomic E-state index is -0.545. The van der Waals surface area contributed by atoms with Gasteiger partial charge in [0.1, 0.15) is 24.0 Å². The van der Waals surface area contributed by atoms with Crippen LogP contribution >= 0.6 is 0 Å². The van der Waals surface area contributed by atoms with Crippen molar-refractivity contribution in [1.29, 1.82) is 0 Å². The van der Waals surface area contributed by atoms with Crippen LogP contribution in [0.4, 0.5) is 9.18 Å². The molecule has 0 saturated heterocycles. The van der Waals surface area contributed by atoms with E-state index in [4.69, 9.17) is 9.47 Å². The molecule has 3 aromatic rings. The maximum atomic E-state index is 13.3. The Kier molecular flexibility index (Phi) is 5.78. The molecule has 5 nitrogen and oxygen atoms in total. The van der Waals surface area contributed by atoms with E-state index in [1.807, 2.05) is 19.1 Å². The Labute approximate surface area is 163 Å². The summed E-state index contributed by atoms with van der Waals surface area (Å²) in [6, 6.07) is 10.2. The Bertz CT molecular complexity index is 997. The number of aromatic nitrogens is 2. The lowest BCUT2D eigenvalue weighted by Crippen LogP contribution is -2.18. The number of hydrogen-bond acceptors (Lipinski definition) is 4. The molecule has 0 bridgehead atoms. The third kappa shape index (κ3) is 3.91. The van der Waals surface area contributed by atoms with Crippen molar-refractivity contribution >= 4 is 6.09 Å². The standard InChI is InChI=1S/C22H23FN2O3/c1-14-6-5-7-19(15(14)2)16(3)21-24-10-11-25(21)22(26)28-13-17-8-9-18(23)12-20(17)27-4/h5-12,16H,13H2,1-4H3. The normalized spacial score (nSPS) is 11.9. The molecular formula is C22H23FN2O3. The van der Waals surface area contributed by atoms with Crippen molar-refractivity contribution in [3.05, 3.63) is 82.7 Å². The average Bonchev–Trinajstić information content (AvgIpc) is 3.18. The first kappa shape index (κ1) is 19.6. The predicted octanol–water partition coefficient (Wildman–Crippen LogP) is 4.98. The second-order valence-corrected chi connectivity index (χ2v) is 6.68. The molecule has 146 valence electrons. The molecule has 0 radical (unpaired) electrons. The van der Waals surface area contributed by atoms with E-state index in [9.17, 15) is 9.18 Å². The van der Waals surface area contributed by atoms with Gasteiger partial charge in [-0.25, -0.2) is 18.7 Å². The molecule has 1 atom stereocenters. The quantitative estimate of drug-likeness (QED) is 0.624. The van der Waals surface area contributed by atoms with Gasteiger partial charge in [0.2, 0.25) is 0 Å². The number of imidazole rings is 1. The number of ether oxygens (including phenoxy) is 2. The Hall–Kier alpha value is -3.15. The van der Waals surface area contributed by atoms with E-state index in [0.717, 1.165) is 5.56 Å². The van der Waals surface area contributed by atoms with E-state index in [1.165, 1.54) is 41.0 Å². The van der Waals surface area contributed by atoms with Crippen LogP contribution in [0.1, 0.15) is 40.9 Å². The van der Waals surface area contributed by atoms with Crippen molar-refractivity contribution in [2.45, 2.75) is 33.3 Å². The fraction of sp³-hybridized carbons (Fsp3) is 0.273. The van der Waals surface area contributed by atoms with Gasteiger partial charge < -0.3 is 9.47 Å². The van der Waals surface area contributed by atoms with Gasteiger partial charge in [-0.1, -0.05) is 25.1 Å². The fourth-order valence-electron chi connectivity index (χ4n) is 3.22. The highest BCUT2D eigenvalue weighted by molar-refractivity contribution is 5.71. The van der Waals surface area contributed by atoms with Gasteiger partial charge in [0, 0.05) is 29.9 Å². The molecule has 1 unspecified atom stereocenters. The van der Waals surface area contributed by atoms with E-state index in [0.29, 0.717) is 17.1 Å². The summed E-state index contributed by atoms with van der Waals surface area (Å²) in [7, 11) is 1.44. The number of nitrogens with zero attached hydrogens (tertiary/aromatic N) is 2. The van der Waals surface area contributed by atoms with Crippen LogP contribution in [0, 0.1) is 19.7 Å². The van der Waals surface area contributed by atoms with Crippen molar-refractivity contribution in [2.24, 2.45) is 0 Å². The van der Waals surface area contributed by atoms with E-state index in [1.54, 1.807) is 12.4 Å². The molecular weight excluding hydrogens is 359 g/mol. The summed E-state index contributed by atoms with van der Waals surface area (Å²) >= 11 is 0. The minimum absolute atomic E-state index is 0.0300. The number of carbonyl (C=O) groups is 1. The third-order valence-corrected chi connectivity index (χ3v) is 4.97. The van der Waals surface area contributed by atoms with Crippen molar-refractivity contribution < 1.29 is 18.7 Å². The van der Waals surface area contributed by atoms with E-state index < -0.39 is 11.9 Å². The van der Waals surface area contributed by atoms with Crippen LogP contribution in [0.3, 0.4) is 0 Å². The molecule has 0 spiro atoms. The van der Waals surface area contributed by atoms with Crippen molar-refractivity contribution in [2.75, 3.05) is 7.11 Å². The molecule has 0 saturated carbocycles. The zero-order chi connectivity index (χ0) is 20.3. The molecule has 0 N–H and O–H groups in total. The molecule has 1 aromatic heterocycles. The second kappa shape index (κ2) is 8.25. The van der Waals surface area contributed by atoms with Crippen LogP contribution in [-0.4, -0.2) is 22.8 Å². The Balaban J connectivity index is 1.80. The molecule has 0 aliphatic heterocycles. The summed E-state index contributed by atoms with van der Waals surface area (Å²) in [5, 5.41) is 0. The van der Waals surface area contributed by atoms with Gasteiger partial charge in [0.25, 0.3) is 0 Å². The number of rotatable bonds is 5. The predicted molar refractivity (Wildman–Crippen MR) is 104 cm³/mol. The highest BCUT2D eigenvalue weighted by Gasteiger charge is 2.21. The number of hydrogen-bond donors (Lipinski definition) is 0. The molecule has 0 aliphatic carbocycles. The van der Waals surface area contributed by atoms with Crippen LogP contribution in [-0.2, 0) is 11.3 Å². The number of aryl methyl sites for hydroxylation is 1. The fourth-order valence-corrected chi connectivity index (χ4v) is 3.22. The van der Waals surface area contributed by atoms with Gasteiger partial charge in [-0.2, -0.15) is 0 Å². The number of carbonyl (C=O) groups excluding carboxylic acids is 1. The lowest BCUT2D eigenvalue weighted by atomic mass is 9.93. The van der Waals surface area contributed by atoms with Gasteiger partial charge in [-0.15, -0.1) is 0 Å². The SMILES string of the molecule is COc1cc(F)ccc1COC(=O)n1ccnc1C(C)c1cccc(C)c1C. The van der Waals surface area contributed by atoms with Crippen molar-refractivity contribution in [3.63, 3.8) is 0 Å². The van der Waals surface area contributed by atoms with E-state index >= 15 is 0 Å². The number of methoxy groups -OCH3 is 1. The molecule has 28 heavy (non-hydrogen) atoms. The summed E-state index contributed by atoms with van der Waals surface area (Å²) in [6.45, 7) is 6.10. The Morgan fingerprint density at radius 2 is 2.04 bits per heavy atom. The van der Waals surface area contributed by atoms with Crippen LogP contribution in [0.2, 0.25) is 0 Å². The largest absolute Gasteiger partial charge is 0.496 e. The zero-order valence-electron chi connectivity index (χ0n) is 16.4. The molecule has 1 heterocycles. The van der Waals surface area contributed by atoms with Crippen molar-refractivity contribution in [1.82, 2.24) is 9.55 Å². The summed E-state index contributed by atoms with van der Waals surface area (Å²) in [6.07, 6.45) is 2.62. The summed E-state index contributed by atoms with van der Waals surface area (Å²) < 4.78 is 25.3. The van der Waals surface area contributed by atoms with Crippen LogP contribution in [0.25, 0.3) is 0 Å². The Morgan fingerprint density at radius 3 is 2.79 bits per heavy atom. The lowest BCUT2D eigenvalue weighted by molar-refractivity contribution is 0.139. The molecule has 0 amide bonds. The first-order chi connectivity index (χ1) is 13.4. The second-order valence-electron chi connectivity index (χ2n) is 6.68. The summed E-state index contributed by atoms with van der Waals surface area (Å²) in [4.78, 5) is 17.0. The van der Waals surface area contributed by atoms with Gasteiger partial charge in [0.15, 0.2) is 0 Å². The molecule has 0 fully saturated rings. The van der Waals surface area contributed by atoms with Gasteiger partial charge in [-0.3, -0.25) is 0 Å². The highest BCUT2D eigenvalue weighted by atomic mass is 19.1. The molecule has 0 aliphatic rings. The monoisotopic (exact) mass is 382 g/mol. The van der Waals surface area contributed by atoms with E-state index in [-0.39, 0.29) is 12.5 Å². The van der Waals surface area contributed by atoms with E-state index in [2.05, 4.69) is 24.9 Å². The molecule has 6 heteroatoms.